The van der Waals surface area contributed by atoms with E-state index in [9.17, 15) is 4.79 Å². The van der Waals surface area contributed by atoms with Crippen LogP contribution in [0.4, 0.5) is 0 Å². The van der Waals surface area contributed by atoms with E-state index in [-0.39, 0.29) is 5.41 Å². The second kappa shape index (κ2) is 3.72. The van der Waals surface area contributed by atoms with Gasteiger partial charge in [-0.15, -0.1) is 0 Å². The highest BCUT2D eigenvalue weighted by atomic mass is 16.5. The molecule has 98 valence electrons. The number of allylic oxidation sites excluding steroid dienone is 2. The molecule has 1 saturated carbocycles. The molecule has 0 N–H and O–H groups in total. The number of carbonyl (C=O) groups is 1. The molecule has 1 aromatic rings. The molecule has 4 rings (SSSR count). The quantitative estimate of drug-likeness (QED) is 0.720. The molecule has 3 aliphatic carbocycles. The molecule has 0 radical (unpaired) electrons. The van der Waals surface area contributed by atoms with Gasteiger partial charge >= 0.3 is 0 Å². The number of ether oxygens (including phenoxy) is 1. The zero-order valence-electron chi connectivity index (χ0n) is 11.2. The Morgan fingerprint density at radius 1 is 1.32 bits per heavy atom. The first-order chi connectivity index (χ1) is 9.23. The van der Waals surface area contributed by atoms with E-state index in [1.54, 1.807) is 7.11 Å². The maximum absolute atomic E-state index is 12.7. The zero-order valence-corrected chi connectivity index (χ0v) is 11.2. The van der Waals surface area contributed by atoms with Crippen molar-refractivity contribution in [1.82, 2.24) is 0 Å². The van der Waals surface area contributed by atoms with Crippen LogP contribution in [0, 0.1) is 17.3 Å². The first kappa shape index (κ1) is 11.3. The Labute approximate surface area is 113 Å². The SMILES string of the molecule is COc1cccc2c1CC1(CC3C=CC1C3)C(=O)C2. The lowest BCUT2D eigenvalue weighted by Gasteiger charge is -2.38. The molecule has 1 aromatic carbocycles. The molecule has 0 amide bonds. The fourth-order valence-corrected chi connectivity index (χ4v) is 4.41. The van der Waals surface area contributed by atoms with Crippen molar-refractivity contribution in [2.24, 2.45) is 17.3 Å². The minimum atomic E-state index is -0.124. The average Bonchev–Trinajstić information content (AvgIpc) is 3.00. The number of fused-ring (bicyclic) bond motifs is 4. The molecule has 0 saturated heterocycles. The van der Waals surface area contributed by atoms with Gasteiger partial charge in [-0.1, -0.05) is 24.3 Å². The van der Waals surface area contributed by atoms with E-state index in [1.165, 1.54) is 17.5 Å². The summed E-state index contributed by atoms with van der Waals surface area (Å²) in [7, 11) is 1.72. The lowest BCUT2D eigenvalue weighted by Crippen LogP contribution is -2.42. The van der Waals surface area contributed by atoms with Gasteiger partial charge in [-0.05, 0) is 48.3 Å². The molecule has 0 heterocycles. The van der Waals surface area contributed by atoms with Crippen molar-refractivity contribution < 1.29 is 9.53 Å². The lowest BCUT2D eigenvalue weighted by atomic mass is 9.63. The third-order valence-electron chi connectivity index (χ3n) is 5.36. The van der Waals surface area contributed by atoms with Crippen LogP contribution in [0.3, 0.4) is 0 Å². The fraction of sp³-hybridized carbons (Fsp3) is 0.471. The third-order valence-corrected chi connectivity index (χ3v) is 5.36. The minimum absolute atomic E-state index is 0.124. The van der Waals surface area contributed by atoms with E-state index in [0.717, 1.165) is 18.6 Å². The predicted molar refractivity (Wildman–Crippen MR) is 73.2 cm³/mol. The number of rotatable bonds is 1. The van der Waals surface area contributed by atoms with Crippen LogP contribution < -0.4 is 4.74 Å². The lowest BCUT2D eigenvalue weighted by molar-refractivity contribution is -0.130. The Bertz CT molecular complexity index is 587. The van der Waals surface area contributed by atoms with E-state index in [4.69, 9.17) is 4.74 Å². The summed E-state index contributed by atoms with van der Waals surface area (Å²) < 4.78 is 5.50. The highest BCUT2D eigenvalue weighted by molar-refractivity contribution is 5.90. The van der Waals surface area contributed by atoms with Gasteiger partial charge in [-0.25, -0.2) is 0 Å². The van der Waals surface area contributed by atoms with Crippen LogP contribution in [0.1, 0.15) is 24.0 Å². The minimum Gasteiger partial charge on any atom is -0.496 e. The van der Waals surface area contributed by atoms with E-state index < -0.39 is 0 Å². The van der Waals surface area contributed by atoms with Crippen molar-refractivity contribution >= 4 is 5.78 Å². The van der Waals surface area contributed by atoms with E-state index in [2.05, 4.69) is 18.2 Å². The number of Topliss-reactive ketones (excluding diaryl/α,β-unsaturated/α-hetero) is 1. The van der Waals surface area contributed by atoms with Crippen molar-refractivity contribution in [3.8, 4) is 5.75 Å². The number of hydrogen-bond donors (Lipinski definition) is 0. The number of carbonyl (C=O) groups excluding carboxylic acids is 1. The van der Waals surface area contributed by atoms with Gasteiger partial charge in [0.1, 0.15) is 11.5 Å². The van der Waals surface area contributed by atoms with Gasteiger partial charge in [0.05, 0.1) is 7.11 Å². The van der Waals surface area contributed by atoms with E-state index >= 15 is 0 Å². The van der Waals surface area contributed by atoms with Crippen molar-refractivity contribution in [3.63, 3.8) is 0 Å². The second-order valence-electron chi connectivity index (χ2n) is 6.22. The molecule has 19 heavy (non-hydrogen) atoms. The van der Waals surface area contributed by atoms with Crippen LogP contribution in [0.5, 0.6) is 5.75 Å². The highest BCUT2D eigenvalue weighted by Crippen LogP contribution is 2.57. The third kappa shape index (κ3) is 1.40. The average molecular weight is 254 g/mol. The zero-order chi connectivity index (χ0) is 13.0. The molecule has 0 aliphatic heterocycles. The molecule has 1 spiro atoms. The molecule has 3 unspecified atom stereocenters. The number of hydrogen-bond acceptors (Lipinski definition) is 2. The van der Waals surface area contributed by atoms with Crippen LogP contribution >= 0.6 is 0 Å². The maximum atomic E-state index is 12.7. The van der Waals surface area contributed by atoms with Gasteiger partial charge in [-0.3, -0.25) is 4.79 Å². The van der Waals surface area contributed by atoms with Crippen molar-refractivity contribution in [2.45, 2.75) is 25.7 Å². The van der Waals surface area contributed by atoms with Crippen LogP contribution in [0.25, 0.3) is 0 Å². The van der Waals surface area contributed by atoms with Gasteiger partial charge < -0.3 is 4.74 Å². The summed E-state index contributed by atoms with van der Waals surface area (Å²) in [5.74, 6) is 2.49. The normalized spacial score (nSPS) is 34.9. The summed E-state index contributed by atoms with van der Waals surface area (Å²) in [5, 5.41) is 0. The predicted octanol–water partition coefficient (Wildman–Crippen LogP) is 2.95. The molecule has 1 fully saturated rings. The monoisotopic (exact) mass is 254 g/mol. The first-order valence-electron chi connectivity index (χ1n) is 7.09. The smallest absolute Gasteiger partial charge is 0.144 e. The van der Waals surface area contributed by atoms with Gasteiger partial charge in [0.25, 0.3) is 0 Å². The van der Waals surface area contributed by atoms with E-state index in [0.29, 0.717) is 24.0 Å². The summed E-state index contributed by atoms with van der Waals surface area (Å²) in [4.78, 5) is 12.7. The first-order valence-corrected chi connectivity index (χ1v) is 7.09. The van der Waals surface area contributed by atoms with Gasteiger partial charge in [-0.2, -0.15) is 0 Å². The van der Waals surface area contributed by atoms with Crippen molar-refractivity contribution in [3.05, 3.63) is 41.5 Å². The topological polar surface area (TPSA) is 26.3 Å². The number of methoxy groups -OCH3 is 1. The summed E-state index contributed by atoms with van der Waals surface area (Å²) >= 11 is 0. The summed E-state index contributed by atoms with van der Waals surface area (Å²) in [6.45, 7) is 0. The molecular formula is C17H18O2. The van der Waals surface area contributed by atoms with Crippen LogP contribution in [-0.4, -0.2) is 12.9 Å². The standard InChI is InChI=1S/C17H18O2/c1-19-15-4-2-3-12-8-16(18)17(10-14(12)15)9-11-5-6-13(17)7-11/h2-6,11,13H,7-10H2,1H3. The molecule has 3 atom stereocenters. The fourth-order valence-electron chi connectivity index (χ4n) is 4.41. The Morgan fingerprint density at radius 3 is 2.89 bits per heavy atom. The molecule has 3 aliphatic rings. The van der Waals surface area contributed by atoms with Crippen LogP contribution in [0.15, 0.2) is 30.4 Å². The van der Waals surface area contributed by atoms with E-state index in [1.807, 2.05) is 12.1 Å². The maximum Gasteiger partial charge on any atom is 0.144 e. The summed E-state index contributed by atoms with van der Waals surface area (Å²) in [6.07, 6.45) is 8.27. The van der Waals surface area contributed by atoms with Crippen molar-refractivity contribution in [2.75, 3.05) is 7.11 Å². The van der Waals surface area contributed by atoms with Crippen LogP contribution in [-0.2, 0) is 17.6 Å². The van der Waals surface area contributed by atoms with Gasteiger partial charge in [0, 0.05) is 11.8 Å². The van der Waals surface area contributed by atoms with Crippen molar-refractivity contribution in [1.29, 1.82) is 0 Å². The highest BCUT2D eigenvalue weighted by Gasteiger charge is 2.54. The Kier molecular flexibility index (Phi) is 2.21. The van der Waals surface area contributed by atoms with Gasteiger partial charge in [0.2, 0.25) is 0 Å². The molecule has 2 nitrogen and oxygen atoms in total. The summed E-state index contributed by atoms with van der Waals surface area (Å²) in [6, 6.07) is 6.08. The van der Waals surface area contributed by atoms with Crippen LogP contribution in [0.2, 0.25) is 0 Å². The summed E-state index contributed by atoms with van der Waals surface area (Å²) in [5.41, 5.74) is 2.31. The second-order valence-corrected chi connectivity index (χ2v) is 6.22. The largest absolute Gasteiger partial charge is 0.496 e. The molecule has 2 heteroatoms. The Balaban J connectivity index is 1.82. The number of ketones is 1. The Hall–Kier alpha value is -1.57. The molecule has 2 bridgehead atoms. The van der Waals surface area contributed by atoms with Gasteiger partial charge in [0.15, 0.2) is 0 Å². The molecular weight excluding hydrogens is 236 g/mol. The Morgan fingerprint density at radius 2 is 2.21 bits per heavy atom. The molecule has 0 aromatic heterocycles. The number of benzene rings is 1.